The van der Waals surface area contributed by atoms with Gasteiger partial charge >= 0.3 is 0 Å². The number of hydrogen-bond donors (Lipinski definition) is 1. The van der Waals surface area contributed by atoms with Crippen molar-refractivity contribution in [3.05, 3.63) is 0 Å². The number of rotatable bonds is 5. The second kappa shape index (κ2) is 5.68. The van der Waals surface area contributed by atoms with E-state index in [0.29, 0.717) is 17.6 Å². The minimum Gasteiger partial charge on any atom is -0.381 e. The highest BCUT2D eigenvalue weighted by Gasteiger charge is 2.39. The van der Waals surface area contributed by atoms with Gasteiger partial charge in [-0.2, -0.15) is 0 Å². The fourth-order valence-electron chi connectivity index (χ4n) is 3.24. The second-order valence-electron chi connectivity index (χ2n) is 6.88. The lowest BCUT2D eigenvalue weighted by Crippen LogP contribution is -2.53. The molecule has 4 nitrogen and oxygen atoms in total. The van der Waals surface area contributed by atoms with Gasteiger partial charge in [0.1, 0.15) is 0 Å². The van der Waals surface area contributed by atoms with Crippen molar-refractivity contribution in [2.45, 2.75) is 51.3 Å². The van der Waals surface area contributed by atoms with Crippen molar-refractivity contribution in [2.24, 2.45) is 5.41 Å². The molecule has 19 heavy (non-hydrogen) atoms. The summed E-state index contributed by atoms with van der Waals surface area (Å²) in [7, 11) is 0. The Morgan fingerprint density at radius 1 is 1.32 bits per heavy atom. The number of hydrogen-bond acceptors (Lipinski definition) is 4. The lowest BCUT2D eigenvalue weighted by molar-refractivity contribution is -0.0636. The van der Waals surface area contributed by atoms with E-state index in [1.807, 2.05) is 0 Å². The summed E-state index contributed by atoms with van der Waals surface area (Å²) >= 11 is 0. The molecule has 1 N–H and O–H groups in total. The molecule has 2 aliphatic heterocycles. The highest BCUT2D eigenvalue weighted by molar-refractivity contribution is 4.93. The summed E-state index contributed by atoms with van der Waals surface area (Å²) in [5.41, 5.74) is 0.327. The third-order valence-electron chi connectivity index (χ3n) is 4.80. The Morgan fingerprint density at radius 3 is 2.84 bits per heavy atom. The summed E-state index contributed by atoms with van der Waals surface area (Å²) in [6.07, 6.45) is 4.29. The molecular formula is C15H28N2O2. The van der Waals surface area contributed by atoms with E-state index in [0.717, 1.165) is 45.5 Å². The maximum Gasteiger partial charge on any atom is 0.0674 e. The normalized spacial score (nSPS) is 40.7. The van der Waals surface area contributed by atoms with Gasteiger partial charge in [-0.15, -0.1) is 0 Å². The molecule has 0 amide bonds. The van der Waals surface area contributed by atoms with Crippen molar-refractivity contribution >= 4 is 0 Å². The maximum absolute atomic E-state index is 5.74. The summed E-state index contributed by atoms with van der Waals surface area (Å²) in [5.74, 6) is 0. The molecule has 4 heteroatoms. The third-order valence-corrected chi connectivity index (χ3v) is 4.80. The third kappa shape index (κ3) is 3.48. The Balaban J connectivity index is 1.59. The quantitative estimate of drug-likeness (QED) is 0.814. The Bertz CT molecular complexity index is 301. The van der Waals surface area contributed by atoms with Crippen molar-refractivity contribution in [2.75, 3.05) is 39.5 Å². The van der Waals surface area contributed by atoms with Crippen LogP contribution in [0, 0.1) is 5.41 Å². The zero-order chi connectivity index (χ0) is 13.3. The standard InChI is InChI=1S/C15H28N2O2/c1-12-8-19-13(2)7-17(12)10-15(5-6-18-11-15)9-16-14-3-4-14/h12-14,16H,3-11H2,1-2H3. The summed E-state index contributed by atoms with van der Waals surface area (Å²) < 4.78 is 11.5. The first kappa shape index (κ1) is 13.8. The van der Waals surface area contributed by atoms with Crippen LogP contribution in [0.4, 0.5) is 0 Å². The SMILES string of the molecule is CC1CN(CC2(CNC3CC3)CCOC2)C(C)CO1. The average Bonchev–Trinajstić information content (AvgIpc) is 3.12. The van der Waals surface area contributed by atoms with E-state index in [1.165, 1.54) is 19.3 Å². The van der Waals surface area contributed by atoms with Crippen LogP contribution in [0.25, 0.3) is 0 Å². The molecule has 2 saturated heterocycles. The molecule has 0 aromatic rings. The van der Waals surface area contributed by atoms with Gasteiger partial charge in [-0.1, -0.05) is 0 Å². The van der Waals surface area contributed by atoms with Crippen molar-refractivity contribution in [3.63, 3.8) is 0 Å². The largest absolute Gasteiger partial charge is 0.381 e. The summed E-state index contributed by atoms with van der Waals surface area (Å²) in [6.45, 7) is 10.5. The molecule has 3 aliphatic rings. The van der Waals surface area contributed by atoms with Gasteiger partial charge < -0.3 is 14.8 Å². The molecule has 3 unspecified atom stereocenters. The predicted octanol–water partition coefficient (Wildman–Crippen LogP) is 1.25. The molecular weight excluding hydrogens is 240 g/mol. The van der Waals surface area contributed by atoms with E-state index < -0.39 is 0 Å². The van der Waals surface area contributed by atoms with Gasteiger partial charge in [0.05, 0.1) is 19.3 Å². The molecule has 0 aromatic carbocycles. The number of ether oxygens (including phenoxy) is 2. The monoisotopic (exact) mass is 268 g/mol. The van der Waals surface area contributed by atoms with Crippen LogP contribution in [-0.2, 0) is 9.47 Å². The number of nitrogens with zero attached hydrogens (tertiary/aromatic N) is 1. The predicted molar refractivity (Wildman–Crippen MR) is 75.3 cm³/mol. The van der Waals surface area contributed by atoms with Crippen LogP contribution in [0.3, 0.4) is 0 Å². The van der Waals surface area contributed by atoms with Gasteiger partial charge in [0, 0.05) is 43.7 Å². The molecule has 3 fully saturated rings. The minimum absolute atomic E-state index is 0.327. The topological polar surface area (TPSA) is 33.7 Å². The Morgan fingerprint density at radius 2 is 2.16 bits per heavy atom. The van der Waals surface area contributed by atoms with Gasteiger partial charge in [-0.25, -0.2) is 0 Å². The molecule has 3 rings (SSSR count). The van der Waals surface area contributed by atoms with Crippen molar-refractivity contribution in [3.8, 4) is 0 Å². The van der Waals surface area contributed by atoms with Gasteiger partial charge in [0.2, 0.25) is 0 Å². The highest BCUT2D eigenvalue weighted by atomic mass is 16.5. The fourth-order valence-corrected chi connectivity index (χ4v) is 3.24. The maximum atomic E-state index is 5.74. The highest BCUT2D eigenvalue weighted by Crippen LogP contribution is 2.32. The molecule has 3 atom stereocenters. The molecule has 0 bridgehead atoms. The molecule has 1 aliphatic carbocycles. The van der Waals surface area contributed by atoms with Crippen LogP contribution in [0.2, 0.25) is 0 Å². The van der Waals surface area contributed by atoms with Crippen LogP contribution < -0.4 is 5.32 Å². The van der Waals surface area contributed by atoms with Gasteiger partial charge in [-0.3, -0.25) is 4.90 Å². The lowest BCUT2D eigenvalue weighted by Gasteiger charge is -2.42. The molecule has 2 heterocycles. The minimum atomic E-state index is 0.327. The van der Waals surface area contributed by atoms with E-state index in [4.69, 9.17) is 9.47 Å². The summed E-state index contributed by atoms with van der Waals surface area (Å²) in [4.78, 5) is 2.61. The van der Waals surface area contributed by atoms with Gasteiger partial charge in [0.15, 0.2) is 0 Å². The molecule has 0 spiro atoms. The Kier molecular flexibility index (Phi) is 4.13. The zero-order valence-electron chi connectivity index (χ0n) is 12.4. The van der Waals surface area contributed by atoms with E-state index in [2.05, 4.69) is 24.1 Å². The van der Waals surface area contributed by atoms with Crippen LogP contribution >= 0.6 is 0 Å². The van der Waals surface area contributed by atoms with Gasteiger partial charge in [0.25, 0.3) is 0 Å². The molecule has 0 aromatic heterocycles. The Hall–Kier alpha value is -0.160. The number of morpholine rings is 1. The van der Waals surface area contributed by atoms with Crippen LogP contribution in [0.1, 0.15) is 33.1 Å². The van der Waals surface area contributed by atoms with E-state index in [-0.39, 0.29) is 0 Å². The van der Waals surface area contributed by atoms with Crippen LogP contribution in [0.5, 0.6) is 0 Å². The fraction of sp³-hybridized carbons (Fsp3) is 1.00. The molecule has 1 saturated carbocycles. The first-order valence-electron chi connectivity index (χ1n) is 7.84. The van der Waals surface area contributed by atoms with E-state index in [1.54, 1.807) is 0 Å². The Labute approximate surface area is 116 Å². The van der Waals surface area contributed by atoms with Crippen molar-refractivity contribution < 1.29 is 9.47 Å². The van der Waals surface area contributed by atoms with Crippen LogP contribution in [-0.4, -0.2) is 62.5 Å². The first-order chi connectivity index (χ1) is 9.17. The van der Waals surface area contributed by atoms with Gasteiger partial charge in [-0.05, 0) is 33.1 Å². The van der Waals surface area contributed by atoms with Crippen LogP contribution in [0.15, 0.2) is 0 Å². The van der Waals surface area contributed by atoms with Crippen molar-refractivity contribution in [1.29, 1.82) is 0 Å². The smallest absolute Gasteiger partial charge is 0.0674 e. The molecule has 110 valence electrons. The van der Waals surface area contributed by atoms with Crippen molar-refractivity contribution in [1.82, 2.24) is 10.2 Å². The summed E-state index contributed by atoms with van der Waals surface area (Å²) in [6, 6.07) is 1.33. The lowest BCUT2D eigenvalue weighted by atomic mass is 9.85. The zero-order valence-corrected chi connectivity index (χ0v) is 12.4. The number of nitrogens with one attached hydrogen (secondary N) is 1. The second-order valence-corrected chi connectivity index (χ2v) is 6.88. The average molecular weight is 268 g/mol. The molecule has 0 radical (unpaired) electrons. The van der Waals surface area contributed by atoms with E-state index in [9.17, 15) is 0 Å². The first-order valence-corrected chi connectivity index (χ1v) is 7.84. The summed E-state index contributed by atoms with van der Waals surface area (Å²) in [5, 5.41) is 3.72. The van der Waals surface area contributed by atoms with E-state index >= 15 is 0 Å².